The van der Waals surface area contributed by atoms with Gasteiger partial charge in [-0.3, -0.25) is 0 Å². The summed E-state index contributed by atoms with van der Waals surface area (Å²) in [4.78, 5) is 6.19. The molecule has 0 aromatic heterocycles. The predicted molar refractivity (Wildman–Crippen MR) is 51.6 cm³/mol. The molecule has 0 unspecified atom stereocenters. The van der Waals surface area contributed by atoms with Crippen LogP contribution >= 0.6 is 0 Å². The maximum atomic E-state index is 8.58. The minimum atomic E-state index is -6.17. The van der Waals surface area contributed by atoms with E-state index in [9.17, 15) is 0 Å². The number of nitrogens with zero attached hydrogens (tertiary/aromatic N) is 6. The number of nitriles is 6. The van der Waals surface area contributed by atoms with Crippen molar-refractivity contribution in [1.82, 2.24) is 18.5 Å². The molecule has 10 heteroatoms. The molecule has 0 spiro atoms. The molecule has 0 radical (unpaired) electrons. The summed E-state index contributed by atoms with van der Waals surface area (Å²) in [5, 5.41) is 51.5. The zero-order valence-corrected chi connectivity index (χ0v) is 10.1. The van der Waals surface area contributed by atoms with Crippen LogP contribution in [0.5, 0.6) is 0 Å². The van der Waals surface area contributed by atoms with Crippen LogP contribution in [0.2, 0.25) is 0 Å². The van der Waals surface area contributed by atoms with E-state index in [0.29, 0.717) is 0 Å². The van der Waals surface area contributed by atoms with Crippen LogP contribution < -0.4 is 18.5 Å². The van der Waals surface area contributed by atoms with Gasteiger partial charge in [0, 0.05) is 0 Å². The molecule has 0 aliphatic rings. The molecule has 0 saturated carbocycles. The number of hydrogen-bond donors (Lipinski definition) is 3. The Morgan fingerprint density at radius 2 is 0.562 bits per heavy atom. The Hall–Kier alpha value is -2.66. The topological polar surface area (TPSA) is 252 Å². The van der Waals surface area contributed by atoms with Crippen molar-refractivity contribution in [3.05, 3.63) is 0 Å². The van der Waals surface area contributed by atoms with E-state index in [1.165, 1.54) is 0 Å². The Kier molecular flexibility index (Phi) is 6.87. The van der Waals surface area contributed by atoms with Crippen molar-refractivity contribution in [2.45, 2.75) is 0 Å². The van der Waals surface area contributed by atoms with Gasteiger partial charge in [-0.05, 0) is 0 Å². The Morgan fingerprint density at radius 1 is 0.438 bits per heavy atom. The number of quaternary nitrogens is 3. The van der Waals surface area contributed by atoms with Crippen LogP contribution in [0.1, 0.15) is 0 Å². The average Bonchev–Trinajstić information content (AvgIpc) is 2.26. The molecule has 9 nitrogen and oxygen atoms in total. The summed E-state index contributed by atoms with van der Waals surface area (Å²) in [6, 6.07) is 0. The minimum absolute atomic E-state index is 0. The summed E-state index contributed by atoms with van der Waals surface area (Å²) >= 11 is 0. The van der Waals surface area contributed by atoms with Gasteiger partial charge < -0.3 is 18.5 Å². The molecule has 0 aromatic rings. The third kappa shape index (κ3) is 1.62. The van der Waals surface area contributed by atoms with E-state index in [0.717, 1.165) is 29.8 Å². The molecule has 16 heavy (non-hydrogen) atoms. The monoisotopic (exact) mass is 266 g/mol. The van der Waals surface area contributed by atoms with Crippen LogP contribution in [-0.2, 0) is 10.7 Å². The normalized spacial score (nSPS) is 10.9. The Balaban J connectivity index is -0.000000240. The molecule has 0 saturated heterocycles. The van der Waals surface area contributed by atoms with Gasteiger partial charge in [0.05, 0.1) is 0 Å². The van der Waals surface area contributed by atoms with Crippen LogP contribution in [0.4, 0.5) is 0 Å². The average molecular weight is 266 g/mol. The molecule has 0 rings (SSSR count). The fraction of sp³-hybridized carbons (Fsp3) is 0. The van der Waals surface area contributed by atoms with E-state index in [1.54, 1.807) is 0 Å². The molecule has 0 atom stereocenters. The first kappa shape index (κ1) is 23.3. The third-order valence-corrected chi connectivity index (χ3v) is 4.89. The van der Waals surface area contributed by atoms with E-state index in [2.05, 4.69) is 0 Å². The maximum absolute atomic E-state index is 8.58. The summed E-state index contributed by atoms with van der Waals surface area (Å²) in [5.41, 5.74) is 0. The quantitative estimate of drug-likeness (QED) is 0.542. The molecule has 0 fully saturated rings. The molecule has 0 bridgehead atoms. The van der Waals surface area contributed by atoms with Gasteiger partial charge >= 0.3 is 72.1 Å². The fourth-order valence-electron chi connectivity index (χ4n) is 0.265. The van der Waals surface area contributed by atoms with Gasteiger partial charge in [0.2, 0.25) is 0 Å². The summed E-state index contributed by atoms with van der Waals surface area (Å²) in [6.07, 6.45) is 0. The smallest absolute Gasteiger partial charge is 0.369 e. The molecule has 0 heterocycles. The fourth-order valence-corrected chi connectivity index (χ4v) is 1.09. The predicted octanol–water partition coefficient (Wildman–Crippen LogP) is 1.23. The summed E-state index contributed by atoms with van der Waals surface area (Å²) in [5.74, 6) is 0. The van der Waals surface area contributed by atoms with Crippen molar-refractivity contribution < 1.29 is 10.7 Å². The van der Waals surface area contributed by atoms with Crippen LogP contribution in [0.25, 0.3) is 0 Å². The zero-order chi connectivity index (χ0) is 10.7. The molecular formula is C6H12FeN9. The van der Waals surface area contributed by atoms with Crippen molar-refractivity contribution in [3.8, 4) is 29.8 Å². The molecule has 0 amide bonds. The van der Waals surface area contributed by atoms with E-state index >= 15 is 0 Å². The second-order valence-corrected chi connectivity index (χ2v) is 7.42. The standard InChI is InChI=1S/6CN.Fe.3H3N/c6*1-2;;;;/h;;;;;;;3*1H3/q;;;;;;-3;;;/p+3. The van der Waals surface area contributed by atoms with Crippen LogP contribution in [0.15, 0.2) is 0 Å². The van der Waals surface area contributed by atoms with Gasteiger partial charge in [-0.15, -0.1) is 0 Å². The van der Waals surface area contributed by atoms with Crippen LogP contribution in [0.3, 0.4) is 0 Å². The summed E-state index contributed by atoms with van der Waals surface area (Å²) in [7, 11) is -6.17. The first-order valence-corrected chi connectivity index (χ1v) is 5.71. The van der Waals surface area contributed by atoms with Gasteiger partial charge in [-0.1, -0.05) is 0 Å². The van der Waals surface area contributed by atoms with Crippen molar-refractivity contribution in [1.29, 1.82) is 31.6 Å². The Morgan fingerprint density at radius 3 is 0.562 bits per heavy atom. The molecule has 89 valence electrons. The molecule has 0 aliphatic carbocycles. The first-order chi connectivity index (χ1) is 5.97. The molecule has 12 N–H and O–H groups in total. The molecular weight excluding hydrogens is 254 g/mol. The maximum Gasteiger partial charge on any atom is -0.369 e. The molecule has 0 aromatic carbocycles. The van der Waals surface area contributed by atoms with Crippen molar-refractivity contribution in [2.24, 2.45) is 0 Å². The Labute approximate surface area is 91.0 Å². The summed E-state index contributed by atoms with van der Waals surface area (Å²) < 4.78 is 0. The Bertz CT molecular complexity index is 390. The van der Waals surface area contributed by atoms with Gasteiger partial charge in [-0.2, -0.15) is 0 Å². The first-order valence-electron chi connectivity index (χ1n) is 2.40. The SMILES string of the molecule is N#[C][Fe-3]([C]#N)([C]#N)([C]#N)([C]#N)[C]#N.[NH4+].[NH4+].[NH4+]. The second-order valence-electron chi connectivity index (χ2n) is 1.80. The van der Waals surface area contributed by atoms with E-state index in [1.807, 2.05) is 0 Å². The largest absolute Gasteiger partial charge is 0.369 e. The van der Waals surface area contributed by atoms with E-state index < -0.39 is 10.7 Å². The van der Waals surface area contributed by atoms with Gasteiger partial charge in [0.1, 0.15) is 0 Å². The third-order valence-electron chi connectivity index (χ3n) is 1.19. The van der Waals surface area contributed by atoms with Crippen LogP contribution in [-0.4, -0.2) is 0 Å². The molecule has 0 aliphatic heterocycles. The minimum Gasteiger partial charge on any atom is -0.369 e. The van der Waals surface area contributed by atoms with Gasteiger partial charge in [-0.25, -0.2) is 0 Å². The van der Waals surface area contributed by atoms with E-state index in [4.69, 9.17) is 31.6 Å². The summed E-state index contributed by atoms with van der Waals surface area (Å²) in [6.45, 7) is 0. The van der Waals surface area contributed by atoms with Crippen molar-refractivity contribution >= 4 is 0 Å². The van der Waals surface area contributed by atoms with Crippen molar-refractivity contribution in [3.63, 3.8) is 0 Å². The van der Waals surface area contributed by atoms with Crippen molar-refractivity contribution in [2.75, 3.05) is 0 Å². The van der Waals surface area contributed by atoms with Crippen LogP contribution in [0, 0.1) is 61.4 Å². The zero-order valence-electron chi connectivity index (χ0n) is 9.04. The number of hydrogen-bond acceptors (Lipinski definition) is 6. The van der Waals surface area contributed by atoms with E-state index in [-0.39, 0.29) is 18.5 Å². The number of rotatable bonds is 0. The van der Waals surface area contributed by atoms with Gasteiger partial charge in [0.15, 0.2) is 0 Å². The second kappa shape index (κ2) is 4.72. The van der Waals surface area contributed by atoms with Gasteiger partial charge in [0.25, 0.3) is 0 Å².